The number of aromatic nitrogens is 2. The van der Waals surface area contributed by atoms with Gasteiger partial charge >= 0.3 is 5.97 Å². The van der Waals surface area contributed by atoms with Crippen molar-refractivity contribution in [1.29, 1.82) is 5.26 Å². The van der Waals surface area contributed by atoms with E-state index in [0.717, 1.165) is 9.13 Å². The molecule has 25 heavy (non-hydrogen) atoms. The second-order valence-electron chi connectivity index (χ2n) is 5.37. The molecule has 0 spiro atoms. The van der Waals surface area contributed by atoms with Crippen molar-refractivity contribution >= 4 is 39.5 Å². The quantitative estimate of drug-likeness (QED) is 0.448. The number of nitrogens with zero attached hydrogens (tertiary/aromatic N) is 3. The fourth-order valence-electron chi connectivity index (χ4n) is 2.57. The second-order valence-corrected chi connectivity index (χ2v) is 6.62. The first-order chi connectivity index (χ1) is 12.0. The maximum atomic E-state index is 12.9. The first-order valence-electron chi connectivity index (χ1n) is 7.26. The van der Waals surface area contributed by atoms with Gasteiger partial charge < -0.3 is 4.74 Å². The normalized spacial score (nSPS) is 10.5. The summed E-state index contributed by atoms with van der Waals surface area (Å²) >= 11 is 2.06. The molecule has 0 aliphatic rings. The van der Waals surface area contributed by atoms with Gasteiger partial charge in [0.1, 0.15) is 12.4 Å². The number of ether oxygens (including phenoxy) is 1. The molecule has 0 aliphatic heterocycles. The van der Waals surface area contributed by atoms with Gasteiger partial charge in [0.15, 0.2) is 0 Å². The number of fused-ring (bicyclic) bond motifs is 1. The van der Waals surface area contributed by atoms with Crippen molar-refractivity contribution in [3.8, 4) is 11.8 Å². The van der Waals surface area contributed by atoms with Crippen LogP contribution in [-0.4, -0.2) is 22.6 Å². The van der Waals surface area contributed by atoms with Crippen LogP contribution in [0.15, 0.2) is 41.5 Å². The fraction of sp³-hybridized carbons (Fsp3) is 0.111. The van der Waals surface area contributed by atoms with Crippen LogP contribution in [-0.2, 0) is 4.74 Å². The lowest BCUT2D eigenvalue weighted by Gasteiger charge is -2.11. The number of benzene rings is 2. The highest BCUT2D eigenvalue weighted by Crippen LogP contribution is 2.20. The minimum Gasteiger partial charge on any atom is -0.465 e. The molecule has 0 N–H and O–H groups in total. The van der Waals surface area contributed by atoms with Gasteiger partial charge in [0.25, 0.3) is 5.56 Å². The van der Waals surface area contributed by atoms with Crippen molar-refractivity contribution in [3.05, 3.63) is 67.3 Å². The molecule has 1 aromatic heterocycles. The second kappa shape index (κ2) is 6.64. The van der Waals surface area contributed by atoms with Gasteiger partial charge in [0, 0.05) is 3.57 Å². The van der Waals surface area contributed by atoms with Crippen LogP contribution in [0, 0.1) is 21.8 Å². The lowest BCUT2D eigenvalue weighted by molar-refractivity contribution is 0.0600. The Hall–Kier alpha value is -2.73. The van der Waals surface area contributed by atoms with E-state index >= 15 is 0 Å². The third-order valence-electron chi connectivity index (χ3n) is 3.84. The summed E-state index contributed by atoms with van der Waals surface area (Å²) in [5.74, 6) is -0.482. The van der Waals surface area contributed by atoms with Crippen molar-refractivity contribution in [3.63, 3.8) is 0 Å². The van der Waals surface area contributed by atoms with E-state index in [-0.39, 0.29) is 5.56 Å². The first kappa shape index (κ1) is 17.1. The van der Waals surface area contributed by atoms with Crippen LogP contribution >= 0.6 is 22.6 Å². The van der Waals surface area contributed by atoms with E-state index in [1.807, 2.05) is 6.92 Å². The SMILES string of the molecule is COC(=O)c1ccc(C)c(-n2cnc3c(C#N)cc(I)cc3c2=O)c1. The number of esters is 1. The average molecular weight is 445 g/mol. The molecule has 0 bridgehead atoms. The van der Waals surface area contributed by atoms with Gasteiger partial charge in [0.2, 0.25) is 0 Å². The topological polar surface area (TPSA) is 85.0 Å². The van der Waals surface area contributed by atoms with E-state index in [0.29, 0.717) is 27.7 Å². The van der Waals surface area contributed by atoms with Crippen LogP contribution in [0.1, 0.15) is 21.5 Å². The van der Waals surface area contributed by atoms with Gasteiger partial charge in [-0.3, -0.25) is 9.36 Å². The summed E-state index contributed by atoms with van der Waals surface area (Å²) in [6.45, 7) is 1.84. The van der Waals surface area contributed by atoms with E-state index < -0.39 is 5.97 Å². The van der Waals surface area contributed by atoms with Crippen LogP contribution < -0.4 is 5.56 Å². The largest absolute Gasteiger partial charge is 0.465 e. The predicted molar refractivity (Wildman–Crippen MR) is 101 cm³/mol. The highest BCUT2D eigenvalue weighted by atomic mass is 127. The maximum Gasteiger partial charge on any atom is 0.337 e. The van der Waals surface area contributed by atoms with Crippen LogP contribution in [0.25, 0.3) is 16.6 Å². The zero-order valence-electron chi connectivity index (χ0n) is 13.4. The molecular weight excluding hydrogens is 433 g/mol. The minimum atomic E-state index is -0.482. The lowest BCUT2D eigenvalue weighted by atomic mass is 10.1. The Morgan fingerprint density at radius 1 is 1.32 bits per heavy atom. The van der Waals surface area contributed by atoms with E-state index in [4.69, 9.17) is 4.74 Å². The molecular formula is C18H12IN3O3. The monoisotopic (exact) mass is 445 g/mol. The van der Waals surface area contributed by atoms with Crippen molar-refractivity contribution < 1.29 is 9.53 Å². The molecule has 0 unspecified atom stereocenters. The molecule has 7 heteroatoms. The van der Waals surface area contributed by atoms with Gasteiger partial charge in [-0.05, 0) is 59.3 Å². The molecule has 124 valence electrons. The molecule has 3 rings (SSSR count). The van der Waals surface area contributed by atoms with Gasteiger partial charge in [-0.1, -0.05) is 6.07 Å². The molecule has 2 aromatic carbocycles. The van der Waals surface area contributed by atoms with E-state index in [1.165, 1.54) is 18.0 Å². The number of aryl methyl sites for hydroxylation is 1. The first-order valence-corrected chi connectivity index (χ1v) is 8.34. The van der Waals surface area contributed by atoms with Crippen molar-refractivity contribution in [2.45, 2.75) is 6.92 Å². The summed E-state index contributed by atoms with van der Waals surface area (Å²) in [6.07, 6.45) is 1.38. The van der Waals surface area contributed by atoms with E-state index in [1.54, 1.807) is 30.3 Å². The average Bonchev–Trinajstić information content (AvgIpc) is 2.62. The van der Waals surface area contributed by atoms with Gasteiger partial charge in [-0.25, -0.2) is 9.78 Å². The highest BCUT2D eigenvalue weighted by molar-refractivity contribution is 14.1. The molecule has 1 heterocycles. The number of hydrogen-bond acceptors (Lipinski definition) is 5. The molecule has 0 radical (unpaired) electrons. The van der Waals surface area contributed by atoms with Crippen LogP contribution in [0.5, 0.6) is 0 Å². The number of hydrogen-bond donors (Lipinski definition) is 0. The molecule has 0 aliphatic carbocycles. The van der Waals surface area contributed by atoms with Crippen LogP contribution in [0.4, 0.5) is 0 Å². The molecule has 0 fully saturated rings. The summed E-state index contributed by atoms with van der Waals surface area (Å²) in [7, 11) is 1.30. The Bertz CT molecular complexity index is 1110. The van der Waals surface area contributed by atoms with Gasteiger partial charge in [-0.2, -0.15) is 5.26 Å². The summed E-state index contributed by atoms with van der Waals surface area (Å²) in [4.78, 5) is 29.0. The summed E-state index contributed by atoms with van der Waals surface area (Å²) in [5, 5.41) is 9.61. The summed E-state index contributed by atoms with van der Waals surface area (Å²) in [5.41, 5.74) is 2.11. The zero-order valence-corrected chi connectivity index (χ0v) is 15.6. The lowest BCUT2D eigenvalue weighted by Crippen LogP contribution is -2.20. The number of halogens is 1. The predicted octanol–water partition coefficient (Wildman–Crippen LogP) is 2.96. The molecule has 0 saturated carbocycles. The molecule has 3 aromatic rings. The number of nitriles is 1. The molecule has 0 saturated heterocycles. The summed E-state index contributed by atoms with van der Waals surface area (Å²) in [6, 6.07) is 10.4. The fourth-order valence-corrected chi connectivity index (χ4v) is 3.19. The molecule has 0 amide bonds. The number of rotatable bonds is 2. The highest BCUT2D eigenvalue weighted by Gasteiger charge is 2.14. The Morgan fingerprint density at radius 3 is 2.76 bits per heavy atom. The third kappa shape index (κ3) is 3.00. The van der Waals surface area contributed by atoms with Crippen molar-refractivity contribution in [1.82, 2.24) is 9.55 Å². The minimum absolute atomic E-state index is 0.301. The third-order valence-corrected chi connectivity index (χ3v) is 4.46. The summed E-state index contributed by atoms with van der Waals surface area (Å²) < 4.78 is 6.89. The standard InChI is InChI=1S/C18H12IN3O3/c1-10-3-4-11(18(24)25-2)6-15(10)22-9-21-16-12(8-20)5-13(19)7-14(16)17(22)23/h3-7,9H,1-2H3. The van der Waals surface area contributed by atoms with Crippen LogP contribution in [0.3, 0.4) is 0 Å². The molecule has 0 atom stereocenters. The number of carbonyl (C=O) groups excluding carboxylic acids is 1. The Morgan fingerprint density at radius 2 is 2.08 bits per heavy atom. The number of methoxy groups -OCH3 is 1. The van der Waals surface area contributed by atoms with Gasteiger partial charge in [-0.15, -0.1) is 0 Å². The van der Waals surface area contributed by atoms with Gasteiger partial charge in [0.05, 0.1) is 34.8 Å². The number of carbonyl (C=O) groups is 1. The Balaban J connectivity index is 2.31. The van der Waals surface area contributed by atoms with Crippen LogP contribution in [0.2, 0.25) is 0 Å². The van der Waals surface area contributed by atoms with Crippen molar-refractivity contribution in [2.75, 3.05) is 7.11 Å². The molecule has 6 nitrogen and oxygen atoms in total. The maximum absolute atomic E-state index is 12.9. The zero-order chi connectivity index (χ0) is 18.1. The van der Waals surface area contributed by atoms with E-state index in [2.05, 4.69) is 33.6 Å². The van der Waals surface area contributed by atoms with Crippen molar-refractivity contribution in [2.24, 2.45) is 0 Å². The van der Waals surface area contributed by atoms with E-state index in [9.17, 15) is 14.9 Å². The Kier molecular flexibility index (Phi) is 4.55. The Labute approximate surface area is 156 Å². The smallest absolute Gasteiger partial charge is 0.337 e.